The van der Waals surface area contributed by atoms with Crippen LogP contribution in [0.1, 0.15) is 10.4 Å². The molecule has 4 nitrogen and oxygen atoms in total. The number of carbonyl (C=O) groups is 1. The van der Waals surface area contributed by atoms with Gasteiger partial charge in [-0.25, -0.2) is 4.79 Å². The van der Waals surface area contributed by atoms with Gasteiger partial charge in [0.1, 0.15) is 0 Å². The fourth-order valence-electron chi connectivity index (χ4n) is 2.08. The number of carboxylic acid groups (broad SMARTS) is 1. The molecule has 1 aromatic carbocycles. The first kappa shape index (κ1) is 10.5. The fourth-order valence-corrected chi connectivity index (χ4v) is 2.08. The van der Waals surface area contributed by atoms with Crippen LogP contribution in [0.4, 0.5) is 0 Å². The molecule has 0 aliphatic heterocycles. The predicted octanol–water partition coefficient (Wildman–Crippen LogP) is 2.72. The lowest BCUT2D eigenvalue weighted by Crippen LogP contribution is -2.01. The normalized spacial score (nSPS) is 10.7. The summed E-state index contributed by atoms with van der Waals surface area (Å²) in [6.45, 7) is 0. The van der Waals surface area contributed by atoms with E-state index in [1.165, 1.54) is 0 Å². The molecule has 88 valence electrons. The standard InChI is InChI=1S/C14H10N2O2/c17-14(18)12-5-1-3-10-6-8-16(13(10)12)11-4-2-7-15-9-11/h1-9H,(H,17,18). The summed E-state index contributed by atoms with van der Waals surface area (Å²) in [5.41, 5.74) is 1.83. The summed E-state index contributed by atoms with van der Waals surface area (Å²) in [6.07, 6.45) is 5.25. The van der Waals surface area contributed by atoms with Crippen LogP contribution in [0.15, 0.2) is 55.0 Å². The molecule has 3 aromatic rings. The Kier molecular flexibility index (Phi) is 2.34. The molecule has 0 fully saturated rings. The lowest BCUT2D eigenvalue weighted by molar-refractivity contribution is 0.0698. The van der Waals surface area contributed by atoms with E-state index in [-0.39, 0.29) is 0 Å². The van der Waals surface area contributed by atoms with Gasteiger partial charge in [0.15, 0.2) is 0 Å². The highest BCUT2D eigenvalue weighted by atomic mass is 16.4. The number of hydrogen-bond donors (Lipinski definition) is 1. The average molecular weight is 238 g/mol. The van der Waals surface area contributed by atoms with Crippen LogP contribution < -0.4 is 0 Å². The van der Waals surface area contributed by atoms with Crippen LogP contribution in [-0.2, 0) is 0 Å². The maximum Gasteiger partial charge on any atom is 0.337 e. The molecule has 0 aliphatic carbocycles. The van der Waals surface area contributed by atoms with Crippen molar-refractivity contribution in [1.29, 1.82) is 0 Å². The molecule has 4 heteroatoms. The van der Waals surface area contributed by atoms with Crippen molar-refractivity contribution in [2.24, 2.45) is 0 Å². The summed E-state index contributed by atoms with van der Waals surface area (Å²) in [7, 11) is 0. The summed E-state index contributed by atoms with van der Waals surface area (Å²) in [6, 6.07) is 10.9. The molecule has 2 heterocycles. The van der Waals surface area contributed by atoms with Gasteiger partial charge >= 0.3 is 5.97 Å². The molecule has 0 radical (unpaired) electrons. The van der Waals surface area contributed by atoms with Crippen LogP contribution in [0.25, 0.3) is 16.6 Å². The van der Waals surface area contributed by atoms with E-state index in [2.05, 4.69) is 4.98 Å². The van der Waals surface area contributed by atoms with E-state index in [1.807, 2.05) is 35.0 Å². The first-order valence-electron chi connectivity index (χ1n) is 5.51. The third-order valence-electron chi connectivity index (χ3n) is 2.87. The van der Waals surface area contributed by atoms with Gasteiger partial charge in [0.05, 0.1) is 23.0 Å². The molecule has 18 heavy (non-hydrogen) atoms. The van der Waals surface area contributed by atoms with Gasteiger partial charge in [-0.1, -0.05) is 12.1 Å². The molecule has 0 saturated heterocycles. The van der Waals surface area contributed by atoms with E-state index < -0.39 is 5.97 Å². The monoisotopic (exact) mass is 238 g/mol. The van der Waals surface area contributed by atoms with E-state index in [4.69, 9.17) is 0 Å². The second-order valence-corrected chi connectivity index (χ2v) is 3.95. The number of benzene rings is 1. The summed E-state index contributed by atoms with van der Waals surface area (Å²) in [5.74, 6) is -0.926. The topological polar surface area (TPSA) is 55.1 Å². The molecule has 3 rings (SSSR count). The Morgan fingerprint density at radius 3 is 2.78 bits per heavy atom. The first-order valence-corrected chi connectivity index (χ1v) is 5.51. The number of rotatable bonds is 2. The zero-order chi connectivity index (χ0) is 12.5. The predicted molar refractivity (Wildman–Crippen MR) is 68.0 cm³/mol. The van der Waals surface area contributed by atoms with Crippen molar-refractivity contribution in [3.8, 4) is 5.69 Å². The Bertz CT molecular complexity index is 717. The number of pyridine rings is 1. The molecule has 0 bridgehead atoms. The minimum Gasteiger partial charge on any atom is -0.478 e. The van der Waals surface area contributed by atoms with Crippen LogP contribution in [-0.4, -0.2) is 20.6 Å². The zero-order valence-corrected chi connectivity index (χ0v) is 9.45. The van der Waals surface area contributed by atoms with Gasteiger partial charge in [0, 0.05) is 17.8 Å². The van der Waals surface area contributed by atoms with Gasteiger partial charge in [-0.2, -0.15) is 0 Å². The Hall–Kier alpha value is -2.62. The van der Waals surface area contributed by atoms with Gasteiger partial charge in [-0.15, -0.1) is 0 Å². The third-order valence-corrected chi connectivity index (χ3v) is 2.87. The van der Waals surface area contributed by atoms with E-state index in [9.17, 15) is 9.90 Å². The summed E-state index contributed by atoms with van der Waals surface area (Å²) < 4.78 is 1.84. The minimum absolute atomic E-state index is 0.293. The molecule has 0 unspecified atom stereocenters. The number of fused-ring (bicyclic) bond motifs is 1. The first-order chi connectivity index (χ1) is 8.77. The van der Waals surface area contributed by atoms with Crippen molar-refractivity contribution in [1.82, 2.24) is 9.55 Å². The quantitative estimate of drug-likeness (QED) is 0.746. The highest BCUT2D eigenvalue weighted by Gasteiger charge is 2.12. The second-order valence-electron chi connectivity index (χ2n) is 3.95. The smallest absolute Gasteiger partial charge is 0.337 e. The van der Waals surface area contributed by atoms with Crippen molar-refractivity contribution in [3.63, 3.8) is 0 Å². The minimum atomic E-state index is -0.926. The Labute approximate surface area is 103 Å². The molecular weight excluding hydrogens is 228 g/mol. The van der Waals surface area contributed by atoms with Crippen LogP contribution in [0, 0.1) is 0 Å². The molecule has 2 aromatic heterocycles. The highest BCUT2D eigenvalue weighted by molar-refractivity contribution is 6.02. The van der Waals surface area contributed by atoms with Gasteiger partial charge in [-0.05, 0) is 24.3 Å². The van der Waals surface area contributed by atoms with E-state index in [1.54, 1.807) is 24.5 Å². The number of aromatic carboxylic acids is 1. The summed E-state index contributed by atoms with van der Waals surface area (Å²) >= 11 is 0. The van der Waals surface area contributed by atoms with E-state index in [0.717, 1.165) is 11.1 Å². The van der Waals surface area contributed by atoms with Crippen molar-refractivity contribution < 1.29 is 9.90 Å². The molecule has 0 amide bonds. The molecule has 0 saturated carbocycles. The highest BCUT2D eigenvalue weighted by Crippen LogP contribution is 2.23. The summed E-state index contributed by atoms with van der Waals surface area (Å²) in [4.78, 5) is 15.3. The summed E-state index contributed by atoms with van der Waals surface area (Å²) in [5, 5.41) is 10.1. The molecule has 0 spiro atoms. The number of hydrogen-bond acceptors (Lipinski definition) is 2. The second kappa shape index (κ2) is 4.00. The van der Waals surface area contributed by atoms with Gasteiger partial charge in [0.2, 0.25) is 0 Å². The van der Waals surface area contributed by atoms with E-state index >= 15 is 0 Å². The van der Waals surface area contributed by atoms with Crippen molar-refractivity contribution >= 4 is 16.9 Å². The number of aromatic nitrogens is 2. The van der Waals surface area contributed by atoms with Gasteiger partial charge < -0.3 is 9.67 Å². The molecular formula is C14H10N2O2. The maximum atomic E-state index is 11.3. The van der Waals surface area contributed by atoms with Crippen LogP contribution >= 0.6 is 0 Å². The third kappa shape index (κ3) is 1.55. The molecule has 0 atom stereocenters. The largest absolute Gasteiger partial charge is 0.478 e. The van der Waals surface area contributed by atoms with Gasteiger partial charge in [-0.3, -0.25) is 4.98 Å². The average Bonchev–Trinajstić information content (AvgIpc) is 2.83. The number of nitrogens with zero attached hydrogens (tertiary/aromatic N) is 2. The van der Waals surface area contributed by atoms with E-state index in [0.29, 0.717) is 11.1 Å². The lowest BCUT2D eigenvalue weighted by atomic mass is 10.1. The molecule has 1 N–H and O–H groups in total. The Morgan fingerprint density at radius 1 is 1.17 bits per heavy atom. The fraction of sp³-hybridized carbons (Fsp3) is 0. The van der Waals surface area contributed by atoms with Crippen LogP contribution in [0.3, 0.4) is 0 Å². The van der Waals surface area contributed by atoms with Crippen molar-refractivity contribution in [2.45, 2.75) is 0 Å². The Balaban J connectivity index is 2.35. The van der Waals surface area contributed by atoms with Crippen molar-refractivity contribution in [2.75, 3.05) is 0 Å². The zero-order valence-electron chi connectivity index (χ0n) is 9.45. The van der Waals surface area contributed by atoms with Crippen LogP contribution in [0.5, 0.6) is 0 Å². The number of carboxylic acids is 1. The Morgan fingerprint density at radius 2 is 2.06 bits per heavy atom. The maximum absolute atomic E-state index is 11.3. The van der Waals surface area contributed by atoms with Crippen LogP contribution in [0.2, 0.25) is 0 Å². The van der Waals surface area contributed by atoms with Gasteiger partial charge in [0.25, 0.3) is 0 Å². The van der Waals surface area contributed by atoms with Crippen molar-refractivity contribution in [3.05, 3.63) is 60.6 Å². The molecule has 0 aliphatic rings. The lowest BCUT2D eigenvalue weighted by Gasteiger charge is -2.06. The number of para-hydroxylation sites is 1. The SMILES string of the molecule is O=C(O)c1cccc2ccn(-c3cccnc3)c12.